The number of rotatable bonds is 9. The molecule has 1 aromatic heterocycles. The van der Waals surface area contributed by atoms with E-state index in [1.807, 2.05) is 30.3 Å². The van der Waals surface area contributed by atoms with Crippen LogP contribution in [0, 0.1) is 0 Å². The fourth-order valence-electron chi connectivity index (χ4n) is 6.41. The first-order chi connectivity index (χ1) is 20.5. The first-order valence-electron chi connectivity index (χ1n) is 15.0. The SMILES string of the molecule is C=CC(O)Nc1cc(Nc2cc(-c3ccc4c(c3)CNN4C)ncn2)c(OC)cc1N1CCC(N2CCCCC2)CC1. The number of benzene rings is 2. The summed E-state index contributed by atoms with van der Waals surface area (Å²) >= 11 is 0. The smallest absolute Gasteiger partial charge is 0.144 e. The third-order valence-electron chi connectivity index (χ3n) is 8.73. The molecule has 3 aliphatic rings. The standard InChI is InChI=1S/C32H42N8O2/c1-4-32(41)37-26-17-27(30(42-3)19-29(26)40-14-10-24(11-15-40)39-12-6-5-7-13-39)36-31-18-25(33-21-34-31)22-8-9-28-23(16-22)20-35-38(28)2/h4,8-9,16-19,21,24,32,35,37,41H,1,5-7,10-15,20H2,2-3H3,(H,33,34,36). The highest BCUT2D eigenvalue weighted by Crippen LogP contribution is 2.40. The molecule has 2 saturated heterocycles. The Balaban J connectivity index is 1.24. The summed E-state index contributed by atoms with van der Waals surface area (Å²) in [5, 5.41) is 19.2. The number of likely N-dealkylation sites (tertiary alicyclic amines) is 1. The Kier molecular flexibility index (Phi) is 8.46. The fourth-order valence-corrected chi connectivity index (χ4v) is 6.41. The Hall–Kier alpha value is -3.86. The van der Waals surface area contributed by atoms with Gasteiger partial charge in [0.2, 0.25) is 0 Å². The number of nitrogens with zero attached hydrogens (tertiary/aromatic N) is 5. The molecule has 4 heterocycles. The minimum atomic E-state index is -0.880. The average molecular weight is 571 g/mol. The van der Waals surface area contributed by atoms with Gasteiger partial charge in [0.1, 0.15) is 24.1 Å². The molecule has 2 fully saturated rings. The van der Waals surface area contributed by atoms with E-state index < -0.39 is 6.23 Å². The number of ether oxygens (including phenoxy) is 1. The average Bonchev–Trinajstić information content (AvgIpc) is 3.41. The maximum absolute atomic E-state index is 10.5. The van der Waals surface area contributed by atoms with Crippen LogP contribution in [0.1, 0.15) is 37.7 Å². The third-order valence-corrected chi connectivity index (χ3v) is 8.73. The summed E-state index contributed by atoms with van der Waals surface area (Å²) in [5.74, 6) is 1.35. The first-order valence-corrected chi connectivity index (χ1v) is 15.0. The number of aromatic nitrogens is 2. The van der Waals surface area contributed by atoms with Crippen LogP contribution in [0.4, 0.5) is 28.6 Å². The zero-order chi connectivity index (χ0) is 29.1. The number of aliphatic hydroxyl groups excluding tert-OH is 1. The molecule has 0 bridgehead atoms. The molecular weight excluding hydrogens is 528 g/mol. The Morgan fingerprint density at radius 2 is 1.83 bits per heavy atom. The molecule has 2 aromatic carbocycles. The molecule has 0 radical (unpaired) electrons. The fraction of sp³-hybridized carbons (Fsp3) is 0.438. The van der Waals surface area contributed by atoms with Crippen molar-refractivity contribution in [2.45, 2.75) is 50.9 Å². The topological polar surface area (TPSA) is 101 Å². The van der Waals surface area contributed by atoms with Crippen molar-refractivity contribution in [2.75, 3.05) is 60.9 Å². The Morgan fingerprint density at radius 3 is 2.60 bits per heavy atom. The van der Waals surface area contributed by atoms with Crippen molar-refractivity contribution in [3.05, 3.63) is 60.9 Å². The van der Waals surface area contributed by atoms with Gasteiger partial charge in [-0.05, 0) is 68.6 Å². The molecule has 42 heavy (non-hydrogen) atoms. The largest absolute Gasteiger partial charge is 0.494 e. The van der Waals surface area contributed by atoms with Crippen LogP contribution in [0.15, 0.2) is 55.4 Å². The normalized spacial score (nSPS) is 18.5. The monoisotopic (exact) mass is 570 g/mol. The minimum Gasteiger partial charge on any atom is -0.494 e. The lowest BCUT2D eigenvalue weighted by Gasteiger charge is -2.41. The predicted molar refractivity (Wildman–Crippen MR) is 169 cm³/mol. The highest BCUT2D eigenvalue weighted by atomic mass is 16.5. The Morgan fingerprint density at radius 1 is 1.02 bits per heavy atom. The number of hydrazine groups is 1. The van der Waals surface area contributed by atoms with E-state index in [-0.39, 0.29) is 0 Å². The van der Waals surface area contributed by atoms with Gasteiger partial charge >= 0.3 is 0 Å². The lowest BCUT2D eigenvalue weighted by Crippen LogP contribution is -2.46. The molecule has 3 aliphatic heterocycles. The van der Waals surface area contributed by atoms with Crippen molar-refractivity contribution in [3.63, 3.8) is 0 Å². The zero-order valence-corrected chi connectivity index (χ0v) is 24.6. The van der Waals surface area contributed by atoms with Crippen LogP contribution in [0.5, 0.6) is 5.75 Å². The number of anilines is 5. The lowest BCUT2D eigenvalue weighted by molar-refractivity contribution is 0.141. The van der Waals surface area contributed by atoms with Gasteiger partial charge in [0.05, 0.1) is 35.6 Å². The van der Waals surface area contributed by atoms with Crippen LogP contribution in [-0.4, -0.2) is 72.6 Å². The summed E-state index contributed by atoms with van der Waals surface area (Å²) in [6, 6.07) is 13.0. The molecule has 0 saturated carbocycles. The molecule has 222 valence electrons. The van der Waals surface area contributed by atoms with Crippen LogP contribution < -0.4 is 30.7 Å². The van der Waals surface area contributed by atoms with Gasteiger partial charge in [0.25, 0.3) is 0 Å². The van der Waals surface area contributed by atoms with Gasteiger partial charge in [-0.2, -0.15) is 0 Å². The summed E-state index contributed by atoms with van der Waals surface area (Å²) < 4.78 is 5.86. The molecule has 1 unspecified atom stereocenters. The van der Waals surface area contributed by atoms with Crippen LogP contribution in [0.2, 0.25) is 0 Å². The number of hydrogen-bond donors (Lipinski definition) is 4. The summed E-state index contributed by atoms with van der Waals surface area (Å²) in [7, 11) is 3.70. The molecule has 6 rings (SSSR count). The highest BCUT2D eigenvalue weighted by Gasteiger charge is 2.27. The second kappa shape index (κ2) is 12.6. The van der Waals surface area contributed by atoms with Crippen molar-refractivity contribution in [1.82, 2.24) is 20.3 Å². The minimum absolute atomic E-state index is 0.648. The van der Waals surface area contributed by atoms with Crippen LogP contribution in [0.25, 0.3) is 11.3 Å². The maximum Gasteiger partial charge on any atom is 0.144 e. The van der Waals surface area contributed by atoms with E-state index in [1.54, 1.807) is 13.4 Å². The van der Waals surface area contributed by atoms with E-state index in [9.17, 15) is 5.11 Å². The van der Waals surface area contributed by atoms with E-state index in [1.165, 1.54) is 49.7 Å². The van der Waals surface area contributed by atoms with E-state index in [0.29, 0.717) is 17.6 Å². The first kappa shape index (κ1) is 28.3. The van der Waals surface area contributed by atoms with Gasteiger partial charge in [-0.15, -0.1) is 0 Å². The van der Waals surface area contributed by atoms with Gasteiger partial charge in [0, 0.05) is 50.4 Å². The van der Waals surface area contributed by atoms with Crippen LogP contribution >= 0.6 is 0 Å². The van der Waals surface area contributed by atoms with E-state index in [4.69, 9.17) is 4.74 Å². The summed E-state index contributed by atoms with van der Waals surface area (Å²) in [5.41, 5.74) is 10.2. The summed E-state index contributed by atoms with van der Waals surface area (Å²) in [6.45, 7) is 8.91. The lowest BCUT2D eigenvalue weighted by atomic mass is 9.99. The molecule has 0 amide bonds. The van der Waals surface area contributed by atoms with Crippen molar-refractivity contribution in [1.29, 1.82) is 0 Å². The van der Waals surface area contributed by atoms with Gasteiger partial charge in [-0.1, -0.05) is 19.1 Å². The second-order valence-electron chi connectivity index (χ2n) is 11.4. The second-order valence-corrected chi connectivity index (χ2v) is 11.4. The van der Waals surface area contributed by atoms with Crippen molar-refractivity contribution >= 4 is 28.6 Å². The number of nitrogens with one attached hydrogen (secondary N) is 3. The molecule has 0 aliphatic carbocycles. The molecule has 1 atom stereocenters. The molecule has 10 heteroatoms. The van der Waals surface area contributed by atoms with Crippen molar-refractivity contribution < 1.29 is 9.84 Å². The Labute approximate surface area is 248 Å². The third kappa shape index (κ3) is 6.01. The maximum atomic E-state index is 10.5. The molecule has 3 aromatic rings. The predicted octanol–water partition coefficient (Wildman–Crippen LogP) is 4.72. The van der Waals surface area contributed by atoms with E-state index in [0.717, 1.165) is 60.8 Å². The highest BCUT2D eigenvalue weighted by molar-refractivity contribution is 5.82. The van der Waals surface area contributed by atoms with Gasteiger partial charge in [-0.25, -0.2) is 15.4 Å². The summed E-state index contributed by atoms with van der Waals surface area (Å²) in [4.78, 5) is 14.1. The number of fused-ring (bicyclic) bond motifs is 1. The van der Waals surface area contributed by atoms with E-state index >= 15 is 0 Å². The molecule has 10 nitrogen and oxygen atoms in total. The number of aliphatic hydroxyl groups is 1. The number of methoxy groups -OCH3 is 1. The summed E-state index contributed by atoms with van der Waals surface area (Å²) in [6.07, 6.45) is 8.43. The van der Waals surface area contributed by atoms with Crippen molar-refractivity contribution in [2.24, 2.45) is 0 Å². The Bertz CT molecular complexity index is 1400. The molecule has 0 spiro atoms. The van der Waals surface area contributed by atoms with Crippen LogP contribution in [-0.2, 0) is 6.54 Å². The number of piperidine rings is 2. The van der Waals surface area contributed by atoms with Crippen LogP contribution in [0.3, 0.4) is 0 Å². The molecule has 4 N–H and O–H groups in total. The number of hydrogen-bond acceptors (Lipinski definition) is 10. The van der Waals surface area contributed by atoms with Gasteiger partial charge < -0.3 is 35.3 Å². The zero-order valence-electron chi connectivity index (χ0n) is 24.6. The van der Waals surface area contributed by atoms with E-state index in [2.05, 4.69) is 60.6 Å². The quantitative estimate of drug-likeness (QED) is 0.214. The molecular formula is C32H42N8O2. The van der Waals surface area contributed by atoms with Gasteiger partial charge in [-0.3, -0.25) is 0 Å². The van der Waals surface area contributed by atoms with Crippen molar-refractivity contribution in [3.8, 4) is 17.0 Å². The van der Waals surface area contributed by atoms with Gasteiger partial charge in [0.15, 0.2) is 0 Å².